The van der Waals surface area contributed by atoms with E-state index < -0.39 is 10.0 Å². The number of rotatable bonds is 3. The first kappa shape index (κ1) is 15.2. The van der Waals surface area contributed by atoms with Gasteiger partial charge >= 0.3 is 0 Å². The number of aromatic amines is 1. The third-order valence-corrected chi connectivity index (χ3v) is 7.48. The van der Waals surface area contributed by atoms with Crippen molar-refractivity contribution in [2.24, 2.45) is 0 Å². The molecule has 1 unspecified atom stereocenters. The highest BCUT2D eigenvalue weighted by molar-refractivity contribution is 9.11. The Morgan fingerprint density at radius 1 is 1.52 bits per heavy atom. The van der Waals surface area contributed by atoms with Crippen molar-refractivity contribution in [1.29, 1.82) is 0 Å². The molecule has 8 heteroatoms. The minimum atomic E-state index is -3.42. The number of sulfonamides is 1. The van der Waals surface area contributed by atoms with Crippen molar-refractivity contribution in [3.63, 3.8) is 0 Å². The topological polar surface area (TPSA) is 66.1 Å². The van der Waals surface area contributed by atoms with Gasteiger partial charge in [-0.1, -0.05) is 0 Å². The third kappa shape index (κ3) is 2.94. The minimum Gasteiger partial charge on any atom is -0.282 e. The van der Waals surface area contributed by atoms with Gasteiger partial charge in [0.15, 0.2) is 0 Å². The molecular formula is C13H16BrN3O2S2. The van der Waals surface area contributed by atoms with Crippen molar-refractivity contribution in [2.75, 3.05) is 13.1 Å². The Labute approximate surface area is 136 Å². The molecule has 0 radical (unpaired) electrons. The van der Waals surface area contributed by atoms with E-state index in [1.54, 1.807) is 16.6 Å². The van der Waals surface area contributed by atoms with Crippen LogP contribution in [0.3, 0.4) is 0 Å². The van der Waals surface area contributed by atoms with Crippen molar-refractivity contribution >= 4 is 37.3 Å². The van der Waals surface area contributed by atoms with Crippen LogP contribution < -0.4 is 0 Å². The monoisotopic (exact) mass is 389 g/mol. The van der Waals surface area contributed by atoms with Gasteiger partial charge in [0.2, 0.25) is 10.0 Å². The number of hydrogen-bond acceptors (Lipinski definition) is 4. The molecule has 1 fully saturated rings. The number of piperidine rings is 1. The van der Waals surface area contributed by atoms with E-state index in [0.29, 0.717) is 18.0 Å². The molecule has 1 saturated heterocycles. The lowest BCUT2D eigenvalue weighted by Crippen LogP contribution is -2.39. The van der Waals surface area contributed by atoms with E-state index in [2.05, 4.69) is 26.1 Å². The zero-order chi connectivity index (χ0) is 15.0. The largest absolute Gasteiger partial charge is 0.282 e. The second-order valence-electron chi connectivity index (χ2n) is 5.19. The van der Waals surface area contributed by atoms with Gasteiger partial charge < -0.3 is 0 Å². The van der Waals surface area contributed by atoms with Crippen LogP contribution in [0.2, 0.25) is 0 Å². The lowest BCUT2D eigenvalue weighted by molar-refractivity contribution is 0.312. The van der Waals surface area contributed by atoms with Crippen molar-refractivity contribution in [2.45, 2.75) is 30.6 Å². The molecule has 1 atom stereocenters. The Hall–Kier alpha value is -0.700. The summed E-state index contributed by atoms with van der Waals surface area (Å²) in [5.41, 5.74) is 1.01. The first-order chi connectivity index (χ1) is 9.98. The summed E-state index contributed by atoms with van der Waals surface area (Å²) in [7, 11) is -3.42. The standard InChI is InChI=1S/C13H16BrN3O2S2/c1-9-12(7-13(14)20-9)21(18,19)17-6-2-3-10(8-17)11-4-5-15-16-11/h4-5,7,10H,2-3,6,8H2,1H3,(H,15,16). The van der Waals surface area contributed by atoms with Gasteiger partial charge in [0.25, 0.3) is 0 Å². The number of halogens is 1. The SMILES string of the molecule is Cc1sc(Br)cc1S(=O)(=O)N1CCCC(c2ccn[nH]2)C1. The number of nitrogens with one attached hydrogen (secondary N) is 1. The first-order valence-corrected chi connectivity index (χ1v) is 9.79. The van der Waals surface area contributed by atoms with Gasteiger partial charge in [-0.25, -0.2) is 8.42 Å². The van der Waals surface area contributed by atoms with E-state index in [1.807, 2.05) is 13.0 Å². The highest BCUT2D eigenvalue weighted by Gasteiger charge is 2.33. The van der Waals surface area contributed by atoms with Gasteiger partial charge in [-0.05, 0) is 47.8 Å². The molecule has 5 nitrogen and oxygen atoms in total. The Balaban J connectivity index is 1.87. The van der Waals surface area contributed by atoms with Gasteiger partial charge in [-0.15, -0.1) is 11.3 Å². The Bertz CT molecular complexity index is 725. The van der Waals surface area contributed by atoms with Crippen LogP contribution >= 0.6 is 27.3 Å². The highest BCUT2D eigenvalue weighted by atomic mass is 79.9. The third-order valence-electron chi connectivity index (χ3n) is 3.81. The van der Waals surface area contributed by atoms with Gasteiger partial charge in [0, 0.05) is 35.8 Å². The smallest absolute Gasteiger partial charge is 0.244 e. The van der Waals surface area contributed by atoms with Crippen LogP contribution in [0, 0.1) is 6.92 Å². The molecule has 3 rings (SSSR count). The molecule has 0 aliphatic carbocycles. The van der Waals surface area contributed by atoms with Crippen molar-refractivity contribution in [3.05, 3.63) is 32.7 Å². The van der Waals surface area contributed by atoms with Crippen LogP contribution in [0.25, 0.3) is 0 Å². The predicted octanol–water partition coefficient (Wildman–Crippen LogP) is 3.11. The van der Waals surface area contributed by atoms with Crippen LogP contribution in [0.5, 0.6) is 0 Å². The molecule has 114 valence electrons. The predicted molar refractivity (Wildman–Crippen MR) is 86.1 cm³/mol. The lowest BCUT2D eigenvalue weighted by atomic mass is 9.96. The maximum atomic E-state index is 12.8. The molecule has 0 saturated carbocycles. The maximum Gasteiger partial charge on any atom is 0.244 e. The Kier molecular flexibility index (Phi) is 4.22. The van der Waals surface area contributed by atoms with Crippen LogP contribution in [0.15, 0.2) is 27.0 Å². The first-order valence-electron chi connectivity index (χ1n) is 6.74. The molecule has 2 aromatic rings. The van der Waals surface area contributed by atoms with Crippen molar-refractivity contribution in [3.8, 4) is 0 Å². The molecule has 3 heterocycles. The van der Waals surface area contributed by atoms with Crippen molar-refractivity contribution in [1.82, 2.24) is 14.5 Å². The average Bonchev–Trinajstić information content (AvgIpc) is 3.09. The fourth-order valence-electron chi connectivity index (χ4n) is 2.73. The second-order valence-corrected chi connectivity index (χ2v) is 9.73. The van der Waals surface area contributed by atoms with Gasteiger partial charge in [-0.3, -0.25) is 5.10 Å². The molecule has 0 bridgehead atoms. The van der Waals surface area contributed by atoms with E-state index in [9.17, 15) is 8.42 Å². The molecule has 2 aromatic heterocycles. The van der Waals surface area contributed by atoms with E-state index in [1.165, 1.54) is 11.3 Å². The molecule has 1 aliphatic rings. The Morgan fingerprint density at radius 2 is 2.33 bits per heavy atom. The number of H-pyrrole nitrogens is 1. The van der Waals surface area contributed by atoms with E-state index >= 15 is 0 Å². The van der Waals surface area contributed by atoms with Crippen LogP contribution in [0.1, 0.15) is 29.3 Å². The molecule has 21 heavy (non-hydrogen) atoms. The fraction of sp³-hybridized carbons (Fsp3) is 0.462. The van der Waals surface area contributed by atoms with Crippen molar-refractivity contribution < 1.29 is 8.42 Å². The normalized spacial score (nSPS) is 20.8. The van der Waals surface area contributed by atoms with Crippen LogP contribution in [0.4, 0.5) is 0 Å². The zero-order valence-electron chi connectivity index (χ0n) is 11.5. The van der Waals surface area contributed by atoms with Crippen LogP contribution in [-0.4, -0.2) is 36.0 Å². The fourth-order valence-corrected chi connectivity index (χ4v) is 6.64. The summed E-state index contributed by atoms with van der Waals surface area (Å²) >= 11 is 4.82. The maximum absolute atomic E-state index is 12.8. The van der Waals surface area contributed by atoms with E-state index in [0.717, 1.165) is 27.2 Å². The van der Waals surface area contributed by atoms with E-state index in [-0.39, 0.29) is 5.92 Å². The number of thiophene rings is 1. The zero-order valence-corrected chi connectivity index (χ0v) is 14.8. The highest BCUT2D eigenvalue weighted by Crippen LogP contribution is 2.34. The van der Waals surface area contributed by atoms with Crippen LogP contribution in [-0.2, 0) is 10.0 Å². The van der Waals surface area contributed by atoms with Gasteiger partial charge in [-0.2, -0.15) is 9.40 Å². The minimum absolute atomic E-state index is 0.193. The number of nitrogens with zero attached hydrogens (tertiary/aromatic N) is 2. The Morgan fingerprint density at radius 3 is 2.95 bits per heavy atom. The molecular weight excluding hydrogens is 374 g/mol. The van der Waals surface area contributed by atoms with Gasteiger partial charge in [0.1, 0.15) is 0 Å². The average molecular weight is 390 g/mol. The molecule has 0 aromatic carbocycles. The summed E-state index contributed by atoms with van der Waals surface area (Å²) in [6.07, 6.45) is 3.57. The summed E-state index contributed by atoms with van der Waals surface area (Å²) in [5, 5.41) is 6.92. The lowest BCUT2D eigenvalue weighted by Gasteiger charge is -2.31. The summed E-state index contributed by atoms with van der Waals surface area (Å²) in [6.45, 7) is 2.94. The van der Waals surface area contributed by atoms with E-state index in [4.69, 9.17) is 0 Å². The molecule has 0 spiro atoms. The second kappa shape index (κ2) is 5.83. The number of hydrogen-bond donors (Lipinski definition) is 1. The molecule has 1 N–H and O–H groups in total. The quantitative estimate of drug-likeness (QED) is 0.876. The number of aryl methyl sites for hydroxylation is 1. The summed E-state index contributed by atoms with van der Waals surface area (Å²) in [4.78, 5) is 1.25. The van der Waals surface area contributed by atoms with Gasteiger partial charge in [0.05, 0.1) is 8.68 Å². The molecule has 0 amide bonds. The summed E-state index contributed by atoms with van der Waals surface area (Å²) in [6, 6.07) is 3.63. The summed E-state index contributed by atoms with van der Waals surface area (Å²) < 4.78 is 28.1. The number of aromatic nitrogens is 2. The molecule has 1 aliphatic heterocycles. The summed E-state index contributed by atoms with van der Waals surface area (Å²) in [5.74, 6) is 0.193.